The SMILES string of the molecule is C=CCOC(=O)c1sc(NC=C(C#N)c2nc(-c3cccc(OC)c3)cs2)c(C(=O)OCC)c1C. The molecule has 35 heavy (non-hydrogen) atoms. The Bertz CT molecular complexity index is 1320. The van der Waals surface area contributed by atoms with Gasteiger partial charge >= 0.3 is 11.9 Å². The van der Waals surface area contributed by atoms with Crippen LogP contribution >= 0.6 is 22.7 Å². The second-order valence-corrected chi connectivity index (χ2v) is 8.83. The molecule has 0 aliphatic rings. The molecular formula is C25H23N3O5S2. The lowest BCUT2D eigenvalue weighted by Crippen LogP contribution is -2.09. The fourth-order valence-corrected chi connectivity index (χ4v) is 4.90. The van der Waals surface area contributed by atoms with E-state index >= 15 is 0 Å². The molecule has 0 saturated carbocycles. The first-order valence-corrected chi connectivity index (χ1v) is 12.2. The number of thiophene rings is 1. The van der Waals surface area contributed by atoms with Gasteiger partial charge in [-0.3, -0.25) is 0 Å². The van der Waals surface area contributed by atoms with Gasteiger partial charge in [-0.2, -0.15) is 5.26 Å². The molecule has 180 valence electrons. The molecule has 0 spiro atoms. The zero-order valence-corrected chi connectivity index (χ0v) is 21.0. The van der Waals surface area contributed by atoms with Crippen molar-refractivity contribution in [1.29, 1.82) is 5.26 Å². The molecule has 1 aromatic carbocycles. The summed E-state index contributed by atoms with van der Waals surface area (Å²) in [7, 11) is 1.59. The van der Waals surface area contributed by atoms with E-state index in [2.05, 4.69) is 22.9 Å². The standard InChI is InChI=1S/C25H23N3O5S2/c1-5-10-33-25(30)21-15(3)20(24(29)32-6-2)23(35-21)27-13-17(12-26)22-28-19(14-34-22)16-8-7-9-18(11-16)31-4/h5,7-9,11,13-14,27H,1,6,10H2,2-4H3. The number of ether oxygens (including phenoxy) is 3. The average molecular weight is 510 g/mol. The normalized spacial score (nSPS) is 10.9. The largest absolute Gasteiger partial charge is 0.497 e. The van der Waals surface area contributed by atoms with Gasteiger partial charge < -0.3 is 19.5 Å². The number of allylic oxidation sites excluding steroid dienone is 1. The summed E-state index contributed by atoms with van der Waals surface area (Å²) in [5.74, 6) is -0.442. The quantitative estimate of drug-likeness (QED) is 0.211. The molecule has 3 aromatic rings. The van der Waals surface area contributed by atoms with E-state index in [9.17, 15) is 14.9 Å². The molecule has 3 rings (SSSR count). The molecule has 2 heterocycles. The van der Waals surface area contributed by atoms with E-state index in [4.69, 9.17) is 14.2 Å². The highest BCUT2D eigenvalue weighted by Crippen LogP contribution is 2.35. The van der Waals surface area contributed by atoms with Crippen LogP contribution in [0.4, 0.5) is 5.00 Å². The molecule has 0 aliphatic carbocycles. The lowest BCUT2D eigenvalue weighted by Gasteiger charge is -2.05. The minimum Gasteiger partial charge on any atom is -0.497 e. The van der Waals surface area contributed by atoms with E-state index < -0.39 is 11.9 Å². The van der Waals surface area contributed by atoms with Gasteiger partial charge in [0.2, 0.25) is 0 Å². The minimum atomic E-state index is -0.576. The maximum atomic E-state index is 12.6. The summed E-state index contributed by atoms with van der Waals surface area (Å²) in [4.78, 5) is 29.9. The Morgan fingerprint density at radius 3 is 2.77 bits per heavy atom. The van der Waals surface area contributed by atoms with E-state index in [0.29, 0.717) is 27.0 Å². The zero-order valence-electron chi connectivity index (χ0n) is 19.4. The van der Waals surface area contributed by atoms with Crippen molar-refractivity contribution in [2.75, 3.05) is 25.6 Å². The Balaban J connectivity index is 1.93. The number of hydrogen-bond acceptors (Lipinski definition) is 10. The lowest BCUT2D eigenvalue weighted by atomic mass is 10.1. The lowest BCUT2D eigenvalue weighted by molar-refractivity contribution is 0.0527. The highest BCUT2D eigenvalue weighted by molar-refractivity contribution is 7.18. The van der Waals surface area contributed by atoms with Gasteiger partial charge in [0.1, 0.15) is 38.9 Å². The van der Waals surface area contributed by atoms with Gasteiger partial charge in [0.15, 0.2) is 0 Å². The van der Waals surface area contributed by atoms with Crippen molar-refractivity contribution in [2.24, 2.45) is 0 Å². The molecule has 1 N–H and O–H groups in total. The summed E-state index contributed by atoms with van der Waals surface area (Å²) < 4.78 is 15.6. The number of aromatic nitrogens is 1. The van der Waals surface area contributed by atoms with Gasteiger partial charge in [0.25, 0.3) is 0 Å². The molecule has 0 atom stereocenters. The Morgan fingerprint density at radius 2 is 2.09 bits per heavy atom. The fraction of sp³-hybridized carbons (Fsp3) is 0.200. The topological polar surface area (TPSA) is 111 Å². The molecule has 0 saturated heterocycles. The van der Waals surface area contributed by atoms with E-state index in [1.165, 1.54) is 23.6 Å². The molecule has 0 bridgehead atoms. The first-order chi connectivity index (χ1) is 16.9. The third-order valence-corrected chi connectivity index (χ3v) is 6.79. The number of esters is 2. The molecule has 2 aromatic heterocycles. The first kappa shape index (κ1) is 25.7. The second kappa shape index (κ2) is 12.0. The molecular weight excluding hydrogens is 486 g/mol. The number of benzene rings is 1. The van der Waals surface area contributed by atoms with E-state index in [0.717, 1.165) is 16.9 Å². The van der Waals surface area contributed by atoms with E-state index in [1.807, 2.05) is 29.6 Å². The molecule has 0 amide bonds. The molecule has 10 heteroatoms. The highest BCUT2D eigenvalue weighted by atomic mass is 32.1. The van der Waals surface area contributed by atoms with Gasteiger partial charge in [-0.05, 0) is 31.5 Å². The van der Waals surface area contributed by atoms with Crippen LogP contribution in [-0.4, -0.2) is 37.2 Å². The number of carbonyl (C=O) groups excluding carboxylic acids is 2. The number of thiazole rings is 1. The van der Waals surface area contributed by atoms with Crippen LogP contribution in [0.15, 0.2) is 48.5 Å². The maximum Gasteiger partial charge on any atom is 0.348 e. The number of nitrogens with zero attached hydrogens (tertiary/aromatic N) is 2. The Labute approximate surface area is 211 Å². The average Bonchev–Trinajstić information content (AvgIpc) is 3.48. The van der Waals surface area contributed by atoms with Crippen molar-refractivity contribution in [3.8, 4) is 23.1 Å². The van der Waals surface area contributed by atoms with Crippen molar-refractivity contribution in [2.45, 2.75) is 13.8 Å². The van der Waals surface area contributed by atoms with Crippen LogP contribution in [-0.2, 0) is 9.47 Å². The van der Waals surface area contributed by atoms with Crippen LogP contribution in [0.5, 0.6) is 5.75 Å². The third kappa shape index (κ3) is 5.95. The number of anilines is 1. The summed E-state index contributed by atoms with van der Waals surface area (Å²) in [6.07, 6.45) is 2.92. The number of nitrogens with one attached hydrogen (secondary N) is 1. The third-order valence-electron chi connectivity index (χ3n) is 4.71. The van der Waals surface area contributed by atoms with Gasteiger partial charge in [-0.1, -0.05) is 24.8 Å². The summed E-state index contributed by atoms with van der Waals surface area (Å²) in [5, 5.41) is 15.4. The van der Waals surface area contributed by atoms with Gasteiger partial charge in [-0.25, -0.2) is 14.6 Å². The maximum absolute atomic E-state index is 12.6. The van der Waals surface area contributed by atoms with E-state index in [-0.39, 0.29) is 29.2 Å². The minimum absolute atomic E-state index is 0.0474. The second-order valence-electron chi connectivity index (χ2n) is 6.95. The van der Waals surface area contributed by atoms with Crippen LogP contribution in [0.3, 0.4) is 0 Å². The van der Waals surface area contributed by atoms with Gasteiger partial charge in [-0.15, -0.1) is 22.7 Å². The summed E-state index contributed by atoms with van der Waals surface area (Å²) >= 11 is 2.36. The predicted molar refractivity (Wildman–Crippen MR) is 137 cm³/mol. The van der Waals surface area contributed by atoms with Crippen molar-refractivity contribution in [3.05, 3.63) is 69.5 Å². The Morgan fingerprint density at radius 1 is 1.29 bits per heavy atom. The summed E-state index contributed by atoms with van der Waals surface area (Å²) in [6, 6.07) is 9.60. The molecule has 0 aliphatic heterocycles. The predicted octanol–water partition coefficient (Wildman–Crippen LogP) is 5.68. The van der Waals surface area contributed by atoms with Crippen molar-refractivity contribution in [1.82, 2.24) is 4.98 Å². The van der Waals surface area contributed by atoms with Crippen LogP contribution in [0.2, 0.25) is 0 Å². The van der Waals surface area contributed by atoms with Crippen molar-refractivity contribution in [3.63, 3.8) is 0 Å². The summed E-state index contributed by atoms with van der Waals surface area (Å²) in [6.45, 7) is 7.10. The van der Waals surface area contributed by atoms with Crippen molar-refractivity contribution < 1.29 is 23.8 Å². The molecule has 0 unspecified atom stereocenters. The highest BCUT2D eigenvalue weighted by Gasteiger charge is 2.26. The Kier molecular flexibility index (Phi) is 8.78. The number of carbonyl (C=O) groups is 2. The Hall–Kier alpha value is -3.94. The molecule has 8 nitrogen and oxygen atoms in total. The molecule has 0 fully saturated rings. The number of hydrogen-bond donors (Lipinski definition) is 1. The van der Waals surface area contributed by atoms with Crippen LogP contribution in [0, 0.1) is 18.3 Å². The van der Waals surface area contributed by atoms with Crippen molar-refractivity contribution >= 4 is 45.2 Å². The number of rotatable bonds is 10. The fourth-order valence-electron chi connectivity index (χ4n) is 3.05. The number of methoxy groups -OCH3 is 1. The van der Waals surface area contributed by atoms with Crippen LogP contribution in [0.1, 0.15) is 37.5 Å². The zero-order chi connectivity index (χ0) is 25.4. The van der Waals surface area contributed by atoms with Gasteiger partial charge in [0, 0.05) is 17.1 Å². The van der Waals surface area contributed by atoms with Crippen LogP contribution in [0.25, 0.3) is 16.8 Å². The smallest absolute Gasteiger partial charge is 0.348 e. The summed E-state index contributed by atoms with van der Waals surface area (Å²) in [5.41, 5.74) is 2.48. The van der Waals surface area contributed by atoms with Gasteiger partial charge in [0.05, 0.1) is 25.0 Å². The monoisotopic (exact) mass is 509 g/mol. The number of nitriles is 1. The molecule has 0 radical (unpaired) electrons. The first-order valence-electron chi connectivity index (χ1n) is 10.5. The van der Waals surface area contributed by atoms with E-state index in [1.54, 1.807) is 21.0 Å². The van der Waals surface area contributed by atoms with Crippen LogP contribution < -0.4 is 10.1 Å².